The predicted molar refractivity (Wildman–Crippen MR) is 92.6 cm³/mol. The molecule has 2 aromatic carbocycles. The first-order valence-electron chi connectivity index (χ1n) is 7.97. The molecule has 0 aliphatic carbocycles. The second kappa shape index (κ2) is 9.45. The van der Waals surface area contributed by atoms with Gasteiger partial charge in [-0.2, -0.15) is 0 Å². The van der Waals surface area contributed by atoms with Crippen LogP contribution in [0.15, 0.2) is 59.6 Å². The highest BCUT2D eigenvalue weighted by molar-refractivity contribution is 6.04. The lowest BCUT2D eigenvalue weighted by Gasteiger charge is -2.09. The summed E-state index contributed by atoms with van der Waals surface area (Å²) in [5.74, 6) is -0.753. The van der Waals surface area contributed by atoms with Crippen molar-refractivity contribution in [1.29, 1.82) is 0 Å². The van der Waals surface area contributed by atoms with Crippen LogP contribution in [0.4, 0.5) is 4.39 Å². The van der Waals surface area contributed by atoms with E-state index in [1.807, 2.05) is 25.1 Å². The molecule has 0 atom stereocenters. The molecule has 0 aromatic heterocycles. The van der Waals surface area contributed by atoms with Gasteiger partial charge in [-0.25, -0.2) is 9.38 Å². The molecule has 5 heteroatoms. The lowest BCUT2D eigenvalue weighted by atomic mass is 10.1. The van der Waals surface area contributed by atoms with E-state index < -0.39 is 0 Å². The summed E-state index contributed by atoms with van der Waals surface area (Å²) in [6.07, 6.45) is 1.77. The molecule has 0 fully saturated rings. The Bertz CT molecular complexity index is 670. The minimum Gasteiger partial charge on any atom is -0.465 e. The van der Waals surface area contributed by atoms with E-state index >= 15 is 0 Å². The third kappa shape index (κ3) is 5.83. The lowest BCUT2D eigenvalue weighted by molar-refractivity contribution is 0.0966. The minimum absolute atomic E-state index is 0.194. The Kier molecular flexibility index (Phi) is 6.95. The third-order valence-corrected chi connectivity index (χ3v) is 3.33. The maximum atomic E-state index is 12.9. The molecule has 0 aliphatic rings. The van der Waals surface area contributed by atoms with Gasteiger partial charge in [0.05, 0.1) is 6.61 Å². The van der Waals surface area contributed by atoms with E-state index in [2.05, 4.69) is 22.4 Å². The summed E-state index contributed by atoms with van der Waals surface area (Å²) in [5, 5.41) is 2.62. The summed E-state index contributed by atoms with van der Waals surface area (Å²) in [6.45, 7) is 2.78. The number of rotatable bonds is 6. The Morgan fingerprint density at radius 2 is 1.83 bits per heavy atom. The first-order chi connectivity index (χ1) is 11.7. The number of hydrogen-bond acceptors (Lipinski definition) is 3. The van der Waals surface area contributed by atoms with Crippen molar-refractivity contribution in [3.8, 4) is 0 Å². The van der Waals surface area contributed by atoms with Crippen molar-refractivity contribution in [2.45, 2.75) is 19.8 Å². The van der Waals surface area contributed by atoms with E-state index in [1.54, 1.807) is 0 Å². The summed E-state index contributed by atoms with van der Waals surface area (Å²) in [4.78, 5) is 16.4. The Labute approximate surface area is 141 Å². The fourth-order valence-corrected chi connectivity index (χ4v) is 2.14. The number of ether oxygens (including phenoxy) is 1. The normalized spacial score (nSPS) is 11.2. The van der Waals surface area contributed by atoms with Gasteiger partial charge in [0.2, 0.25) is 0 Å². The number of nitrogens with zero attached hydrogens (tertiary/aromatic N) is 1. The molecule has 1 N–H and O–H groups in total. The van der Waals surface area contributed by atoms with Gasteiger partial charge in [-0.05, 0) is 49.6 Å². The molecule has 24 heavy (non-hydrogen) atoms. The van der Waals surface area contributed by atoms with Gasteiger partial charge in [-0.15, -0.1) is 0 Å². The van der Waals surface area contributed by atoms with E-state index in [4.69, 9.17) is 4.74 Å². The zero-order valence-electron chi connectivity index (χ0n) is 13.7. The second-order valence-electron chi connectivity index (χ2n) is 5.17. The van der Waals surface area contributed by atoms with Gasteiger partial charge in [0.25, 0.3) is 11.9 Å². The van der Waals surface area contributed by atoms with Crippen molar-refractivity contribution in [3.05, 3.63) is 71.5 Å². The molecule has 126 valence electrons. The molecule has 0 unspecified atom stereocenters. The number of amidine groups is 1. The zero-order valence-corrected chi connectivity index (χ0v) is 13.7. The van der Waals surface area contributed by atoms with Crippen LogP contribution in [0.2, 0.25) is 0 Å². The molecular formula is C19H21FN2O2. The number of aryl methyl sites for hydroxylation is 1. The smallest absolute Gasteiger partial charge is 0.291 e. The first kappa shape index (κ1) is 17.7. The number of hydrogen-bond donors (Lipinski definition) is 1. The fraction of sp³-hybridized carbons (Fsp3) is 0.263. The van der Waals surface area contributed by atoms with Crippen LogP contribution >= 0.6 is 0 Å². The Hall–Kier alpha value is -2.69. The van der Waals surface area contributed by atoms with Gasteiger partial charge in [0.15, 0.2) is 0 Å². The molecule has 0 bridgehead atoms. The maximum Gasteiger partial charge on any atom is 0.291 e. The van der Waals surface area contributed by atoms with Crippen LogP contribution in [0, 0.1) is 5.82 Å². The van der Waals surface area contributed by atoms with E-state index in [1.165, 1.54) is 29.8 Å². The van der Waals surface area contributed by atoms with Crippen molar-refractivity contribution >= 4 is 11.9 Å². The van der Waals surface area contributed by atoms with Gasteiger partial charge in [0.1, 0.15) is 5.82 Å². The topological polar surface area (TPSA) is 50.7 Å². The number of carbonyl (C=O) groups is 1. The number of amides is 1. The summed E-state index contributed by atoms with van der Waals surface area (Å²) in [5.41, 5.74) is 1.61. The van der Waals surface area contributed by atoms with Crippen LogP contribution in [0.5, 0.6) is 0 Å². The number of carbonyl (C=O) groups excluding carboxylic acids is 1. The van der Waals surface area contributed by atoms with Crippen LogP contribution in [0.25, 0.3) is 0 Å². The van der Waals surface area contributed by atoms with Crippen molar-refractivity contribution in [2.24, 2.45) is 4.99 Å². The monoisotopic (exact) mass is 328 g/mol. The first-order valence-corrected chi connectivity index (χ1v) is 7.97. The SMILES string of the molecule is CCOC(=NCCCc1ccccc1)NC(=O)c1ccc(F)cc1. The van der Waals surface area contributed by atoms with Crippen molar-refractivity contribution in [1.82, 2.24) is 5.32 Å². The molecule has 2 rings (SSSR count). The molecule has 4 nitrogen and oxygen atoms in total. The van der Waals surface area contributed by atoms with Crippen LogP contribution in [0.1, 0.15) is 29.3 Å². The average Bonchev–Trinajstić information content (AvgIpc) is 2.60. The average molecular weight is 328 g/mol. The number of benzene rings is 2. The summed E-state index contributed by atoms with van der Waals surface area (Å²) >= 11 is 0. The Morgan fingerprint density at radius 3 is 2.50 bits per heavy atom. The molecule has 0 saturated carbocycles. The molecule has 2 aromatic rings. The quantitative estimate of drug-likeness (QED) is 0.500. The molecule has 0 saturated heterocycles. The van der Waals surface area contributed by atoms with Crippen molar-refractivity contribution in [2.75, 3.05) is 13.2 Å². The van der Waals surface area contributed by atoms with Gasteiger partial charge in [-0.3, -0.25) is 10.1 Å². The van der Waals surface area contributed by atoms with Gasteiger partial charge >= 0.3 is 0 Å². The van der Waals surface area contributed by atoms with Crippen LogP contribution in [0.3, 0.4) is 0 Å². The van der Waals surface area contributed by atoms with Gasteiger partial charge < -0.3 is 4.74 Å². The minimum atomic E-state index is -0.383. The highest BCUT2D eigenvalue weighted by Crippen LogP contribution is 2.04. The molecular weight excluding hydrogens is 307 g/mol. The summed E-state index contributed by atoms with van der Waals surface area (Å²) in [7, 11) is 0. The molecule has 0 radical (unpaired) electrons. The fourth-order valence-electron chi connectivity index (χ4n) is 2.14. The lowest BCUT2D eigenvalue weighted by Crippen LogP contribution is -2.32. The largest absolute Gasteiger partial charge is 0.465 e. The summed E-state index contributed by atoms with van der Waals surface area (Å²) < 4.78 is 18.3. The molecule has 0 aliphatic heterocycles. The van der Waals surface area contributed by atoms with Crippen LogP contribution < -0.4 is 5.32 Å². The van der Waals surface area contributed by atoms with E-state index in [0.717, 1.165) is 12.8 Å². The van der Waals surface area contributed by atoms with E-state index in [0.29, 0.717) is 18.7 Å². The molecule has 1 amide bonds. The Morgan fingerprint density at radius 1 is 1.12 bits per heavy atom. The van der Waals surface area contributed by atoms with Gasteiger partial charge in [0, 0.05) is 12.1 Å². The van der Waals surface area contributed by atoms with Gasteiger partial charge in [-0.1, -0.05) is 30.3 Å². The summed E-state index contributed by atoms with van der Waals surface area (Å²) in [6, 6.07) is 15.7. The van der Waals surface area contributed by atoms with Crippen molar-refractivity contribution < 1.29 is 13.9 Å². The van der Waals surface area contributed by atoms with Crippen LogP contribution in [-0.4, -0.2) is 25.1 Å². The number of halogens is 1. The van der Waals surface area contributed by atoms with E-state index in [9.17, 15) is 9.18 Å². The highest BCUT2D eigenvalue weighted by Gasteiger charge is 2.09. The Balaban J connectivity index is 1.88. The second-order valence-corrected chi connectivity index (χ2v) is 5.17. The van der Waals surface area contributed by atoms with E-state index in [-0.39, 0.29) is 17.7 Å². The maximum absolute atomic E-state index is 12.9. The molecule has 0 heterocycles. The zero-order chi connectivity index (χ0) is 17.2. The highest BCUT2D eigenvalue weighted by atomic mass is 19.1. The third-order valence-electron chi connectivity index (χ3n) is 3.33. The number of nitrogens with one attached hydrogen (secondary N) is 1. The molecule has 0 spiro atoms. The number of aliphatic imine (C=N–C) groups is 1. The van der Waals surface area contributed by atoms with Crippen LogP contribution in [-0.2, 0) is 11.2 Å². The van der Waals surface area contributed by atoms with Crippen molar-refractivity contribution in [3.63, 3.8) is 0 Å². The predicted octanol–water partition coefficient (Wildman–Crippen LogP) is 3.58. The standard InChI is InChI=1S/C19H21FN2O2/c1-2-24-19(21-14-6-9-15-7-4-3-5-8-15)22-18(23)16-10-12-17(20)13-11-16/h3-5,7-8,10-13H,2,6,9,14H2,1H3,(H,21,22,23).